The summed E-state index contributed by atoms with van der Waals surface area (Å²) >= 11 is 0. The third-order valence-corrected chi connectivity index (χ3v) is 5.15. The Hall–Kier alpha value is -0.0500. The zero-order valence-corrected chi connectivity index (χ0v) is 10.3. The number of hydrogen-bond acceptors (Lipinski definition) is 3. The summed E-state index contributed by atoms with van der Waals surface area (Å²) in [5.74, 6) is -2.44. The Morgan fingerprint density at radius 3 is 1.59 bits per heavy atom. The van der Waals surface area contributed by atoms with Crippen LogP contribution in [0.2, 0.25) is 0 Å². The van der Waals surface area contributed by atoms with E-state index in [-0.39, 0.29) is 10.8 Å². The van der Waals surface area contributed by atoms with Gasteiger partial charge in [0.25, 0.3) is 0 Å². The van der Waals surface area contributed by atoms with Gasteiger partial charge in [-0.25, -0.2) is 30.4 Å². The highest BCUT2D eigenvalue weighted by atomic mass is 33.1. The van der Waals surface area contributed by atoms with Crippen molar-refractivity contribution in [2.75, 3.05) is 12.0 Å². The van der Waals surface area contributed by atoms with Crippen LogP contribution in [0, 0.1) is 5.92 Å². The Morgan fingerprint density at radius 2 is 1.24 bits per heavy atom. The van der Waals surface area contributed by atoms with Crippen LogP contribution in [-0.4, -0.2) is 51.3 Å². The van der Waals surface area contributed by atoms with Crippen LogP contribution in [0.15, 0.2) is 0 Å². The van der Waals surface area contributed by atoms with Crippen molar-refractivity contribution >= 4 is 19.7 Å². The fraction of sp³-hybridized carbons (Fsp3) is 1.00. The molecule has 0 bridgehead atoms. The minimum atomic E-state index is -3.57. The van der Waals surface area contributed by atoms with Crippen LogP contribution in [0.25, 0.3) is 0 Å². The van der Waals surface area contributed by atoms with Crippen molar-refractivity contribution in [3.63, 3.8) is 0 Å². The van der Waals surface area contributed by atoms with Crippen molar-refractivity contribution in [2.45, 2.75) is 30.9 Å². The van der Waals surface area contributed by atoms with E-state index in [9.17, 15) is 30.4 Å². The molecule has 0 heterocycles. The Labute approximate surface area is 99.3 Å². The largest absolute Gasteiger partial charge is 0.244 e. The maximum absolute atomic E-state index is 13.3. The van der Waals surface area contributed by atoms with Gasteiger partial charge in [-0.2, -0.15) is 0 Å². The van der Waals surface area contributed by atoms with E-state index >= 15 is 0 Å². The van der Waals surface area contributed by atoms with E-state index in [1.807, 2.05) is 0 Å². The van der Waals surface area contributed by atoms with Gasteiger partial charge in [-0.3, -0.25) is 0 Å². The van der Waals surface area contributed by atoms with Gasteiger partial charge in [0.2, 0.25) is 0 Å². The standard InChI is InChI=1S/C8H11F5O2S2/c1-17(14,15)16-2-3-4(9)6(11)8(13)7(12)5(3)10/h3-8H,2H2,1H3. The Morgan fingerprint density at radius 1 is 0.882 bits per heavy atom. The van der Waals surface area contributed by atoms with Gasteiger partial charge in [0.05, 0.1) is 0 Å². The highest BCUT2D eigenvalue weighted by Gasteiger charge is 2.53. The van der Waals surface area contributed by atoms with Crippen molar-refractivity contribution in [1.29, 1.82) is 0 Å². The summed E-state index contributed by atoms with van der Waals surface area (Å²) in [5, 5.41) is 0. The molecule has 0 N–H and O–H groups in total. The monoisotopic (exact) mass is 298 g/mol. The van der Waals surface area contributed by atoms with Crippen LogP contribution in [0.1, 0.15) is 0 Å². The van der Waals surface area contributed by atoms with Gasteiger partial charge in [0.15, 0.2) is 27.4 Å². The van der Waals surface area contributed by atoms with Crippen LogP contribution >= 0.6 is 10.8 Å². The minimum Gasteiger partial charge on any atom is -0.244 e. The third kappa shape index (κ3) is 3.46. The second-order valence-corrected chi connectivity index (χ2v) is 8.38. The van der Waals surface area contributed by atoms with Crippen molar-refractivity contribution in [3.05, 3.63) is 0 Å². The van der Waals surface area contributed by atoms with E-state index in [1.54, 1.807) is 0 Å². The van der Waals surface area contributed by atoms with Crippen LogP contribution in [0.5, 0.6) is 0 Å². The number of rotatable bonds is 3. The van der Waals surface area contributed by atoms with E-state index in [2.05, 4.69) is 0 Å². The summed E-state index contributed by atoms with van der Waals surface area (Å²) in [6.45, 7) is 0. The lowest BCUT2D eigenvalue weighted by atomic mass is 9.83. The maximum Gasteiger partial charge on any atom is 0.198 e. The lowest BCUT2D eigenvalue weighted by Gasteiger charge is -2.35. The molecule has 0 radical (unpaired) electrons. The molecule has 1 aliphatic rings. The molecule has 1 saturated carbocycles. The van der Waals surface area contributed by atoms with Gasteiger partial charge < -0.3 is 0 Å². The Bertz CT molecular complexity index is 347. The average Bonchev–Trinajstić information content (AvgIpc) is 2.22. The Kier molecular flexibility index (Phi) is 4.67. The fourth-order valence-electron chi connectivity index (χ4n) is 1.56. The zero-order valence-electron chi connectivity index (χ0n) is 8.69. The molecular formula is C8H11F5O2S2. The molecule has 4 atom stereocenters. The van der Waals surface area contributed by atoms with Gasteiger partial charge in [-0.05, 0) is 10.8 Å². The second kappa shape index (κ2) is 5.29. The van der Waals surface area contributed by atoms with Crippen LogP contribution in [0.4, 0.5) is 22.0 Å². The first-order valence-corrected chi connectivity index (χ1v) is 8.09. The zero-order chi connectivity index (χ0) is 13.4. The van der Waals surface area contributed by atoms with Gasteiger partial charge >= 0.3 is 0 Å². The second-order valence-electron chi connectivity index (χ2n) is 3.87. The molecule has 17 heavy (non-hydrogen) atoms. The maximum atomic E-state index is 13.3. The first kappa shape index (κ1) is 15.0. The summed E-state index contributed by atoms with van der Waals surface area (Å²) < 4.78 is 86.7. The summed E-state index contributed by atoms with van der Waals surface area (Å²) in [7, 11) is -3.38. The first-order chi connectivity index (χ1) is 7.65. The Balaban J connectivity index is 2.76. The first-order valence-electron chi connectivity index (χ1n) is 4.70. The molecule has 0 aliphatic heterocycles. The predicted octanol–water partition coefficient (Wildman–Crippen LogP) is 2.00. The average molecular weight is 298 g/mol. The molecule has 0 amide bonds. The summed E-state index contributed by atoms with van der Waals surface area (Å²) in [6.07, 6.45) is -12.6. The normalized spacial score (nSPS) is 43.6. The number of hydrogen-bond donors (Lipinski definition) is 0. The molecule has 0 aromatic carbocycles. The smallest absolute Gasteiger partial charge is 0.198 e. The van der Waals surface area contributed by atoms with E-state index < -0.39 is 51.4 Å². The summed E-state index contributed by atoms with van der Waals surface area (Å²) in [5.41, 5.74) is 0. The van der Waals surface area contributed by atoms with E-state index in [4.69, 9.17) is 0 Å². The lowest BCUT2D eigenvalue weighted by molar-refractivity contribution is -0.0813. The minimum absolute atomic E-state index is 0.189. The van der Waals surface area contributed by atoms with Crippen molar-refractivity contribution in [1.82, 2.24) is 0 Å². The quantitative estimate of drug-likeness (QED) is 0.590. The molecule has 4 unspecified atom stereocenters. The van der Waals surface area contributed by atoms with E-state index in [1.165, 1.54) is 0 Å². The number of halogens is 5. The highest BCUT2D eigenvalue weighted by molar-refractivity contribution is 8.71. The van der Waals surface area contributed by atoms with E-state index in [0.717, 1.165) is 6.26 Å². The topological polar surface area (TPSA) is 34.1 Å². The van der Waals surface area contributed by atoms with Crippen LogP contribution < -0.4 is 0 Å². The van der Waals surface area contributed by atoms with Crippen molar-refractivity contribution in [3.8, 4) is 0 Å². The molecule has 0 aromatic rings. The van der Waals surface area contributed by atoms with Gasteiger partial charge in [0, 0.05) is 17.9 Å². The predicted molar refractivity (Wildman–Crippen MR) is 55.3 cm³/mol. The highest BCUT2D eigenvalue weighted by Crippen LogP contribution is 2.38. The molecular weight excluding hydrogens is 287 g/mol. The summed E-state index contributed by atoms with van der Waals surface area (Å²) in [4.78, 5) is 0. The SMILES string of the molecule is CS(=O)(=O)SCC1C(F)C(F)C(F)C(F)C1F. The third-order valence-electron chi connectivity index (χ3n) is 2.51. The van der Waals surface area contributed by atoms with Gasteiger partial charge in [-0.15, -0.1) is 0 Å². The van der Waals surface area contributed by atoms with Crippen molar-refractivity contribution < 1.29 is 30.4 Å². The number of alkyl halides is 5. The van der Waals surface area contributed by atoms with Crippen molar-refractivity contribution in [2.24, 2.45) is 5.92 Å². The molecule has 0 aromatic heterocycles. The molecule has 0 spiro atoms. The van der Waals surface area contributed by atoms with Crippen LogP contribution in [-0.2, 0) is 8.87 Å². The molecule has 1 fully saturated rings. The van der Waals surface area contributed by atoms with Gasteiger partial charge in [-0.1, -0.05) is 0 Å². The van der Waals surface area contributed by atoms with Crippen LogP contribution in [0.3, 0.4) is 0 Å². The molecule has 1 aliphatic carbocycles. The fourth-order valence-corrected chi connectivity index (χ4v) is 3.55. The molecule has 1 rings (SSSR count). The molecule has 2 nitrogen and oxygen atoms in total. The van der Waals surface area contributed by atoms with E-state index in [0.29, 0.717) is 0 Å². The van der Waals surface area contributed by atoms with Gasteiger partial charge in [0.1, 0.15) is 12.3 Å². The lowest BCUT2D eigenvalue weighted by Crippen LogP contribution is -2.54. The molecule has 0 saturated heterocycles. The molecule has 9 heteroatoms. The summed E-state index contributed by atoms with van der Waals surface area (Å²) in [6, 6.07) is 0. The molecule has 102 valence electrons.